The Bertz CT molecular complexity index is 2100. The molecule has 4 fully saturated rings. The molecule has 0 bridgehead atoms. The first-order valence-corrected chi connectivity index (χ1v) is 20.2. The van der Waals surface area contributed by atoms with E-state index in [0.29, 0.717) is 49.1 Å². The number of phenolic OH excluding ortho intramolecular Hbond substituents is 1. The first-order chi connectivity index (χ1) is 27.1. The number of hydrogen-bond acceptors (Lipinski definition) is 10. The fraction of sp³-hybridized carbons (Fsp3) is 0.512. The zero-order chi connectivity index (χ0) is 38.3. The van der Waals surface area contributed by atoms with Crippen LogP contribution in [-0.2, 0) is 20.9 Å². The van der Waals surface area contributed by atoms with E-state index in [0.717, 1.165) is 93.3 Å². The lowest BCUT2D eigenvalue weighted by molar-refractivity contribution is -0.136. The van der Waals surface area contributed by atoms with E-state index >= 15 is 4.39 Å². The zero-order valence-electron chi connectivity index (χ0n) is 31.7. The molecule has 56 heavy (non-hydrogen) atoms. The molecule has 12 nitrogen and oxygen atoms in total. The summed E-state index contributed by atoms with van der Waals surface area (Å²) in [6.45, 7) is 9.30. The molecule has 3 aromatic rings. The summed E-state index contributed by atoms with van der Waals surface area (Å²) < 4.78 is 34.7. The Labute approximate surface area is 325 Å². The van der Waals surface area contributed by atoms with Crippen LogP contribution in [0.1, 0.15) is 72.0 Å². The second-order valence-corrected chi connectivity index (χ2v) is 17.0. The highest BCUT2D eigenvalue weighted by Gasteiger charge is 2.46. The van der Waals surface area contributed by atoms with Gasteiger partial charge >= 0.3 is 0 Å². The fourth-order valence-corrected chi connectivity index (χ4v) is 10.6. The first kappa shape index (κ1) is 35.5. The summed E-state index contributed by atoms with van der Waals surface area (Å²) in [6, 6.07) is 14.3. The molecule has 4 saturated heterocycles. The van der Waals surface area contributed by atoms with Gasteiger partial charge < -0.3 is 34.0 Å². The van der Waals surface area contributed by atoms with Gasteiger partial charge in [-0.05, 0) is 67.5 Å². The zero-order valence-corrected chi connectivity index (χ0v) is 31.7. The average molecular weight is 766 g/mol. The van der Waals surface area contributed by atoms with E-state index in [1.54, 1.807) is 23.1 Å². The molecule has 13 heteroatoms. The highest BCUT2D eigenvalue weighted by atomic mass is 19.1. The molecule has 0 radical (unpaired) electrons. The maximum atomic E-state index is 15.8. The molecule has 7 aliphatic heterocycles. The number of carbonyl (C=O) groups excluding carboxylic acids is 3. The van der Waals surface area contributed by atoms with Crippen molar-refractivity contribution in [1.82, 2.24) is 15.1 Å². The molecule has 1 spiro atoms. The summed E-state index contributed by atoms with van der Waals surface area (Å²) in [7, 11) is 0. The number of nitrogens with zero attached hydrogens (tertiary/aromatic N) is 4. The number of hydrogen-bond donors (Lipinski definition) is 2. The summed E-state index contributed by atoms with van der Waals surface area (Å²) in [5.41, 5.74) is 4.78. The Morgan fingerprint density at radius 1 is 0.929 bits per heavy atom. The van der Waals surface area contributed by atoms with Crippen LogP contribution < -0.4 is 24.6 Å². The van der Waals surface area contributed by atoms with Crippen molar-refractivity contribution in [3.8, 4) is 17.2 Å². The number of fused-ring (bicyclic) bond motifs is 6. The summed E-state index contributed by atoms with van der Waals surface area (Å²) in [5.74, 6) is 1.06. The Morgan fingerprint density at radius 3 is 2.59 bits per heavy atom. The largest absolute Gasteiger partial charge is 0.508 e. The van der Waals surface area contributed by atoms with Gasteiger partial charge in [-0.3, -0.25) is 24.6 Å². The van der Waals surface area contributed by atoms with E-state index < -0.39 is 11.9 Å². The third-order valence-corrected chi connectivity index (χ3v) is 13.5. The number of ether oxygens (including phenoxy) is 3. The van der Waals surface area contributed by atoms with Gasteiger partial charge in [0.15, 0.2) is 0 Å². The molecule has 1 unspecified atom stereocenters. The van der Waals surface area contributed by atoms with Crippen molar-refractivity contribution in [3.63, 3.8) is 0 Å². The molecule has 7 aliphatic rings. The quantitative estimate of drug-likeness (QED) is 0.362. The van der Waals surface area contributed by atoms with Crippen molar-refractivity contribution in [1.29, 1.82) is 0 Å². The standard InChI is InChI=1S/C43H48FN5O7/c1-25-22-54-37-17-29(50)3-4-31(37)39(25)27-2-6-34(33(44)16-27)47-12-10-43(11-13-47)18-26(23-56-43)19-46-14-15-48-28(20-46)24-55-40-32-21-49(36-8-9-38(51)45-41(36)52)42(53)30(32)5-7-35(40)48/h2-7,16-17,25-26,28,36,39,50H,8-15,18-24H2,1H3,(H,45,51,52)/t25-,26?,28-,36+,39+/m0/s1. The SMILES string of the molecule is C[C@H]1COc2cc(O)ccc2[C@H]1c1ccc(N2CCC3(CC2)CC(CN2CCN4c5ccc6c(c5OC[C@@H]4C2)CN([C@@H]2CCC(=O)NC2=O)C6=O)CO3)c(F)c1. The topological polar surface area (TPSA) is 124 Å². The van der Waals surface area contributed by atoms with E-state index in [4.69, 9.17) is 14.2 Å². The molecule has 10 rings (SSSR count). The Kier molecular flexibility index (Phi) is 8.66. The molecule has 294 valence electrons. The number of halogens is 1. The summed E-state index contributed by atoms with van der Waals surface area (Å²) in [6.07, 6.45) is 3.30. The molecule has 2 N–H and O–H groups in total. The van der Waals surface area contributed by atoms with E-state index in [-0.39, 0.29) is 53.3 Å². The summed E-state index contributed by atoms with van der Waals surface area (Å²) in [5, 5.41) is 12.3. The van der Waals surface area contributed by atoms with Crippen molar-refractivity contribution in [3.05, 3.63) is 76.6 Å². The van der Waals surface area contributed by atoms with E-state index in [2.05, 4.69) is 33.0 Å². The van der Waals surface area contributed by atoms with Gasteiger partial charge in [0.2, 0.25) is 11.8 Å². The van der Waals surface area contributed by atoms with Crippen LogP contribution in [0.5, 0.6) is 17.2 Å². The number of imide groups is 1. The number of rotatable bonds is 5. The van der Waals surface area contributed by atoms with Gasteiger partial charge in [-0.25, -0.2) is 4.39 Å². The third kappa shape index (κ3) is 6.05. The number of amides is 3. The van der Waals surface area contributed by atoms with E-state index in [1.165, 1.54) is 0 Å². The van der Waals surface area contributed by atoms with E-state index in [9.17, 15) is 19.5 Å². The highest BCUT2D eigenvalue weighted by molar-refractivity contribution is 6.06. The van der Waals surface area contributed by atoms with Gasteiger partial charge in [0.25, 0.3) is 5.91 Å². The molecule has 3 amide bonds. The fourth-order valence-electron chi connectivity index (χ4n) is 10.6. The van der Waals surface area contributed by atoms with Crippen LogP contribution in [0.4, 0.5) is 15.8 Å². The maximum absolute atomic E-state index is 15.8. The van der Waals surface area contributed by atoms with Gasteiger partial charge in [0, 0.05) is 80.3 Å². The van der Waals surface area contributed by atoms with Gasteiger partial charge in [0.05, 0.1) is 42.8 Å². The predicted octanol–water partition coefficient (Wildman–Crippen LogP) is 4.41. The number of piperazine rings is 1. The molecule has 3 aromatic carbocycles. The summed E-state index contributed by atoms with van der Waals surface area (Å²) in [4.78, 5) is 46.3. The minimum absolute atomic E-state index is 0.00615. The van der Waals surface area contributed by atoms with Crippen LogP contribution in [0.25, 0.3) is 0 Å². The van der Waals surface area contributed by atoms with Crippen LogP contribution in [-0.4, -0.2) is 109 Å². The Balaban J connectivity index is 0.740. The number of benzene rings is 3. The number of carbonyl (C=O) groups is 3. The minimum atomic E-state index is -0.653. The monoisotopic (exact) mass is 765 g/mol. The van der Waals surface area contributed by atoms with Gasteiger partial charge in [0.1, 0.15) is 35.7 Å². The number of phenols is 1. The van der Waals surface area contributed by atoms with E-state index in [1.807, 2.05) is 24.3 Å². The lowest BCUT2D eigenvalue weighted by Crippen LogP contribution is -2.58. The number of aromatic hydroxyl groups is 1. The van der Waals surface area contributed by atoms with Crippen molar-refractivity contribution < 1.29 is 38.1 Å². The average Bonchev–Trinajstić information content (AvgIpc) is 3.74. The third-order valence-electron chi connectivity index (χ3n) is 13.5. The minimum Gasteiger partial charge on any atom is -0.508 e. The van der Waals surface area contributed by atoms with Crippen LogP contribution in [0, 0.1) is 17.7 Å². The molecule has 5 atom stereocenters. The van der Waals surface area contributed by atoms with Crippen molar-refractivity contribution in [2.24, 2.45) is 11.8 Å². The van der Waals surface area contributed by atoms with Gasteiger partial charge in [-0.15, -0.1) is 0 Å². The maximum Gasteiger partial charge on any atom is 0.255 e. The molecular weight excluding hydrogens is 717 g/mol. The lowest BCUT2D eigenvalue weighted by Gasteiger charge is -2.46. The van der Waals surface area contributed by atoms with Crippen molar-refractivity contribution in [2.45, 2.75) is 69.2 Å². The molecule has 0 aliphatic carbocycles. The van der Waals surface area contributed by atoms with Crippen molar-refractivity contribution >= 4 is 29.1 Å². The smallest absolute Gasteiger partial charge is 0.255 e. The second-order valence-electron chi connectivity index (χ2n) is 17.0. The second kappa shape index (κ2) is 13.7. The van der Waals surface area contributed by atoms with Gasteiger partial charge in [-0.2, -0.15) is 0 Å². The molecular formula is C43H48FN5O7. The number of piperidine rings is 2. The Morgan fingerprint density at radius 2 is 1.77 bits per heavy atom. The van der Waals surface area contributed by atoms with Crippen LogP contribution >= 0.6 is 0 Å². The highest BCUT2D eigenvalue weighted by Crippen LogP contribution is 2.46. The lowest BCUT2D eigenvalue weighted by atomic mass is 9.80. The predicted molar refractivity (Wildman–Crippen MR) is 205 cm³/mol. The Hall–Kier alpha value is -4.88. The first-order valence-electron chi connectivity index (χ1n) is 20.2. The molecule has 7 heterocycles. The molecule has 0 saturated carbocycles. The normalized spacial score (nSPS) is 28.3. The van der Waals surface area contributed by atoms with Gasteiger partial charge in [-0.1, -0.05) is 19.1 Å². The van der Waals surface area contributed by atoms with Crippen LogP contribution in [0.3, 0.4) is 0 Å². The number of anilines is 2. The summed E-state index contributed by atoms with van der Waals surface area (Å²) >= 11 is 0. The van der Waals surface area contributed by atoms with Crippen molar-refractivity contribution in [2.75, 3.05) is 68.9 Å². The van der Waals surface area contributed by atoms with Crippen LogP contribution in [0.2, 0.25) is 0 Å². The molecule has 0 aromatic heterocycles. The van der Waals surface area contributed by atoms with Crippen LogP contribution in [0.15, 0.2) is 48.5 Å². The number of nitrogens with one attached hydrogen (secondary N) is 1.